The number of benzene rings is 1. The first-order valence-corrected chi connectivity index (χ1v) is 7.78. The summed E-state index contributed by atoms with van der Waals surface area (Å²) in [7, 11) is 0. The second kappa shape index (κ2) is 5.87. The first-order valence-electron chi connectivity index (χ1n) is 6.90. The Labute approximate surface area is 119 Å². The average Bonchev–Trinajstić information content (AvgIpc) is 3.02. The molecule has 2 atom stereocenters. The molecule has 0 bridgehead atoms. The van der Waals surface area contributed by atoms with Gasteiger partial charge in [-0.05, 0) is 23.9 Å². The molecule has 1 aliphatic rings. The van der Waals surface area contributed by atoms with Crippen LogP contribution in [-0.4, -0.2) is 24.5 Å². The summed E-state index contributed by atoms with van der Waals surface area (Å²) in [6.45, 7) is 5.60. The Morgan fingerprint density at radius 2 is 2.05 bits per heavy atom. The molecule has 3 rings (SSSR count). The molecule has 0 saturated carbocycles. The smallest absolute Gasteiger partial charge is 0.0449 e. The van der Waals surface area contributed by atoms with Crippen LogP contribution in [0.3, 0.4) is 0 Å². The SMILES string of the molecule is CC(c1cccs1)N1CCNC(c2ccccc2)C1. The highest BCUT2D eigenvalue weighted by Gasteiger charge is 2.25. The number of hydrogen-bond donors (Lipinski definition) is 1. The van der Waals surface area contributed by atoms with Crippen molar-refractivity contribution >= 4 is 11.3 Å². The van der Waals surface area contributed by atoms with Gasteiger partial charge in [-0.25, -0.2) is 0 Å². The number of rotatable bonds is 3. The molecule has 2 nitrogen and oxygen atoms in total. The van der Waals surface area contributed by atoms with Crippen molar-refractivity contribution in [1.82, 2.24) is 10.2 Å². The van der Waals surface area contributed by atoms with E-state index in [-0.39, 0.29) is 0 Å². The van der Waals surface area contributed by atoms with Crippen LogP contribution in [0.15, 0.2) is 47.8 Å². The van der Waals surface area contributed by atoms with Crippen LogP contribution in [0.4, 0.5) is 0 Å². The topological polar surface area (TPSA) is 15.3 Å². The number of thiophene rings is 1. The second-order valence-corrected chi connectivity index (χ2v) is 6.08. The van der Waals surface area contributed by atoms with Crippen molar-refractivity contribution in [3.63, 3.8) is 0 Å². The van der Waals surface area contributed by atoms with Crippen LogP contribution >= 0.6 is 11.3 Å². The Morgan fingerprint density at radius 1 is 1.21 bits per heavy atom. The number of piperazine rings is 1. The van der Waals surface area contributed by atoms with Gasteiger partial charge in [0.25, 0.3) is 0 Å². The molecule has 0 aliphatic carbocycles. The van der Waals surface area contributed by atoms with Crippen molar-refractivity contribution in [2.75, 3.05) is 19.6 Å². The molecule has 100 valence electrons. The summed E-state index contributed by atoms with van der Waals surface area (Å²) in [6, 6.07) is 16.1. The van der Waals surface area contributed by atoms with E-state index in [0.717, 1.165) is 19.6 Å². The fraction of sp³-hybridized carbons (Fsp3) is 0.375. The third-order valence-electron chi connectivity index (χ3n) is 3.91. The van der Waals surface area contributed by atoms with Crippen LogP contribution < -0.4 is 5.32 Å². The molecule has 1 saturated heterocycles. The predicted molar refractivity (Wildman–Crippen MR) is 81.5 cm³/mol. The molecule has 1 fully saturated rings. The number of hydrogen-bond acceptors (Lipinski definition) is 3. The summed E-state index contributed by atoms with van der Waals surface area (Å²) in [5.74, 6) is 0. The Bertz CT molecular complexity index is 495. The lowest BCUT2D eigenvalue weighted by molar-refractivity contribution is 0.155. The molecule has 1 aromatic heterocycles. The van der Waals surface area contributed by atoms with E-state index in [1.165, 1.54) is 10.4 Å². The molecule has 2 aromatic rings. The fourth-order valence-corrected chi connectivity index (χ4v) is 3.56. The highest BCUT2D eigenvalue weighted by molar-refractivity contribution is 7.10. The van der Waals surface area contributed by atoms with E-state index in [4.69, 9.17) is 0 Å². The predicted octanol–water partition coefficient (Wildman–Crippen LogP) is 3.46. The van der Waals surface area contributed by atoms with Crippen molar-refractivity contribution in [2.24, 2.45) is 0 Å². The van der Waals surface area contributed by atoms with Crippen molar-refractivity contribution in [1.29, 1.82) is 0 Å². The van der Waals surface area contributed by atoms with Gasteiger partial charge >= 0.3 is 0 Å². The van der Waals surface area contributed by atoms with E-state index in [1.807, 2.05) is 11.3 Å². The zero-order chi connectivity index (χ0) is 13.1. The van der Waals surface area contributed by atoms with Crippen LogP contribution in [0.2, 0.25) is 0 Å². The van der Waals surface area contributed by atoms with Crippen molar-refractivity contribution in [3.05, 3.63) is 58.3 Å². The third-order valence-corrected chi connectivity index (χ3v) is 4.95. The van der Waals surface area contributed by atoms with Gasteiger partial charge in [-0.1, -0.05) is 36.4 Å². The van der Waals surface area contributed by atoms with Crippen LogP contribution in [0.5, 0.6) is 0 Å². The maximum atomic E-state index is 3.63. The van der Waals surface area contributed by atoms with Gasteiger partial charge in [0.2, 0.25) is 0 Å². The Balaban J connectivity index is 1.71. The molecular weight excluding hydrogens is 252 g/mol. The minimum Gasteiger partial charge on any atom is -0.308 e. The molecule has 3 heteroatoms. The largest absolute Gasteiger partial charge is 0.308 e. The van der Waals surface area contributed by atoms with Crippen LogP contribution in [-0.2, 0) is 0 Å². The molecule has 19 heavy (non-hydrogen) atoms. The molecule has 0 spiro atoms. The average molecular weight is 272 g/mol. The van der Waals surface area contributed by atoms with Gasteiger partial charge < -0.3 is 5.32 Å². The molecule has 0 radical (unpaired) electrons. The van der Waals surface area contributed by atoms with E-state index in [9.17, 15) is 0 Å². The standard InChI is InChI=1S/C16H20N2S/c1-13(16-8-5-11-19-16)18-10-9-17-15(12-18)14-6-3-2-4-7-14/h2-8,11,13,15,17H,9-10,12H2,1H3. The van der Waals surface area contributed by atoms with E-state index in [0.29, 0.717) is 12.1 Å². The maximum absolute atomic E-state index is 3.63. The lowest BCUT2D eigenvalue weighted by atomic mass is 10.0. The van der Waals surface area contributed by atoms with Gasteiger partial charge in [0.05, 0.1) is 0 Å². The van der Waals surface area contributed by atoms with E-state index < -0.39 is 0 Å². The minimum absolute atomic E-state index is 0.456. The van der Waals surface area contributed by atoms with E-state index >= 15 is 0 Å². The summed E-state index contributed by atoms with van der Waals surface area (Å²) in [6.07, 6.45) is 0. The molecule has 1 aromatic carbocycles. The lowest BCUT2D eigenvalue weighted by Crippen LogP contribution is -2.46. The highest BCUT2D eigenvalue weighted by Crippen LogP contribution is 2.28. The zero-order valence-corrected chi connectivity index (χ0v) is 12.1. The molecule has 2 unspecified atom stereocenters. The molecule has 1 aliphatic heterocycles. The van der Waals surface area contributed by atoms with Crippen LogP contribution in [0.1, 0.15) is 29.4 Å². The van der Waals surface area contributed by atoms with Crippen molar-refractivity contribution < 1.29 is 0 Å². The summed E-state index contributed by atoms with van der Waals surface area (Å²) in [5, 5.41) is 5.80. The second-order valence-electron chi connectivity index (χ2n) is 5.10. The van der Waals surface area contributed by atoms with E-state index in [2.05, 4.69) is 65.0 Å². The first kappa shape index (κ1) is 12.9. The summed E-state index contributed by atoms with van der Waals surface area (Å²) in [4.78, 5) is 4.05. The normalized spacial score (nSPS) is 22.3. The van der Waals surface area contributed by atoms with Gasteiger partial charge in [-0.2, -0.15) is 0 Å². The fourth-order valence-electron chi connectivity index (χ4n) is 2.74. The van der Waals surface area contributed by atoms with Gasteiger partial charge in [-0.15, -0.1) is 11.3 Å². The molecular formula is C16H20N2S. The van der Waals surface area contributed by atoms with Crippen LogP contribution in [0, 0.1) is 0 Å². The number of nitrogens with one attached hydrogen (secondary N) is 1. The Hall–Kier alpha value is -1.16. The first-order chi connectivity index (χ1) is 9.34. The molecule has 0 amide bonds. The van der Waals surface area contributed by atoms with Gasteiger partial charge in [-0.3, -0.25) is 4.90 Å². The maximum Gasteiger partial charge on any atom is 0.0449 e. The van der Waals surface area contributed by atoms with Gasteiger partial charge in [0.15, 0.2) is 0 Å². The Morgan fingerprint density at radius 3 is 2.79 bits per heavy atom. The van der Waals surface area contributed by atoms with Gasteiger partial charge in [0.1, 0.15) is 0 Å². The van der Waals surface area contributed by atoms with Crippen molar-refractivity contribution in [2.45, 2.75) is 19.0 Å². The monoisotopic (exact) mass is 272 g/mol. The lowest BCUT2D eigenvalue weighted by Gasteiger charge is -2.37. The minimum atomic E-state index is 0.456. The summed E-state index contributed by atoms with van der Waals surface area (Å²) < 4.78 is 0. The third kappa shape index (κ3) is 2.89. The summed E-state index contributed by atoms with van der Waals surface area (Å²) in [5.41, 5.74) is 1.39. The quantitative estimate of drug-likeness (QED) is 0.920. The molecule has 1 N–H and O–H groups in total. The van der Waals surface area contributed by atoms with Gasteiger partial charge in [0, 0.05) is 36.6 Å². The van der Waals surface area contributed by atoms with Crippen LogP contribution in [0.25, 0.3) is 0 Å². The Kier molecular flexibility index (Phi) is 3.97. The molecule has 2 heterocycles. The zero-order valence-electron chi connectivity index (χ0n) is 11.3. The number of nitrogens with zero attached hydrogens (tertiary/aromatic N) is 1. The highest BCUT2D eigenvalue weighted by atomic mass is 32.1. The van der Waals surface area contributed by atoms with E-state index in [1.54, 1.807) is 0 Å². The summed E-state index contributed by atoms with van der Waals surface area (Å²) >= 11 is 1.86. The van der Waals surface area contributed by atoms with Crippen molar-refractivity contribution in [3.8, 4) is 0 Å².